The van der Waals surface area contributed by atoms with Gasteiger partial charge >= 0.3 is 5.97 Å². The van der Waals surface area contributed by atoms with Crippen LogP contribution in [0.15, 0.2) is 16.7 Å². The molecule has 0 aliphatic rings. The highest BCUT2D eigenvalue weighted by molar-refractivity contribution is 9.10. The second kappa shape index (κ2) is 5.61. The smallest absolute Gasteiger partial charge is 0.329 e. The molecule has 0 bridgehead atoms. The third-order valence-electron chi connectivity index (χ3n) is 2.03. The van der Waals surface area contributed by atoms with Crippen molar-refractivity contribution in [2.24, 2.45) is 0 Å². The van der Waals surface area contributed by atoms with Crippen molar-refractivity contribution in [1.29, 1.82) is 5.26 Å². The Bertz CT molecular complexity index is 440. The predicted molar refractivity (Wildman–Crippen MR) is 61.7 cm³/mol. The maximum Gasteiger partial charge on any atom is 0.329 e. The summed E-state index contributed by atoms with van der Waals surface area (Å²) in [4.78, 5) is 15.6. The van der Waals surface area contributed by atoms with Gasteiger partial charge in [0.05, 0.1) is 18.4 Å². The number of hydrogen-bond donors (Lipinski definition) is 0. The quantitative estimate of drug-likeness (QED) is 0.799. The zero-order chi connectivity index (χ0) is 12.1. The lowest BCUT2D eigenvalue weighted by Crippen LogP contribution is -2.16. The average Bonchev–Trinajstić information content (AvgIpc) is 2.25. The Labute approximate surface area is 102 Å². The Hall–Kier alpha value is -1.41. The average molecular weight is 283 g/mol. The number of rotatable bonds is 3. The van der Waals surface area contributed by atoms with E-state index in [4.69, 9.17) is 10.00 Å². The molecule has 0 aliphatic carbocycles. The Morgan fingerprint density at radius 3 is 3.00 bits per heavy atom. The topological polar surface area (TPSA) is 63.0 Å². The Balaban J connectivity index is 3.10. The van der Waals surface area contributed by atoms with E-state index < -0.39 is 11.9 Å². The Kier molecular flexibility index (Phi) is 4.44. The molecule has 5 heteroatoms. The molecule has 0 spiro atoms. The van der Waals surface area contributed by atoms with E-state index in [0.717, 1.165) is 5.56 Å². The van der Waals surface area contributed by atoms with Crippen molar-refractivity contribution >= 4 is 21.9 Å². The molecule has 1 heterocycles. The molecule has 1 atom stereocenters. The molecule has 1 unspecified atom stereocenters. The second-order valence-electron chi connectivity index (χ2n) is 3.14. The molecule has 0 fully saturated rings. The number of halogens is 1. The maximum absolute atomic E-state index is 11.5. The van der Waals surface area contributed by atoms with Crippen molar-refractivity contribution in [3.8, 4) is 6.07 Å². The monoisotopic (exact) mass is 282 g/mol. The number of carbonyl (C=O) groups is 1. The van der Waals surface area contributed by atoms with Crippen LogP contribution in [-0.4, -0.2) is 17.6 Å². The third kappa shape index (κ3) is 2.58. The molecule has 1 aromatic heterocycles. The van der Waals surface area contributed by atoms with Gasteiger partial charge in [0.2, 0.25) is 0 Å². The molecule has 1 rings (SSSR count). The number of pyridine rings is 1. The molecule has 16 heavy (non-hydrogen) atoms. The standard InChI is InChI=1S/C11H11BrN2O2/c1-3-16-11(15)8(6-13)10-9(12)7(2)4-5-14-10/h4-5,8H,3H2,1-2H3. The number of carbonyl (C=O) groups excluding carboxylic acids is 1. The highest BCUT2D eigenvalue weighted by atomic mass is 79.9. The van der Waals surface area contributed by atoms with Gasteiger partial charge in [0.25, 0.3) is 0 Å². The third-order valence-corrected chi connectivity index (χ3v) is 3.07. The minimum Gasteiger partial charge on any atom is -0.465 e. The van der Waals surface area contributed by atoms with Crippen LogP contribution in [0.2, 0.25) is 0 Å². The van der Waals surface area contributed by atoms with Gasteiger partial charge in [-0.3, -0.25) is 9.78 Å². The van der Waals surface area contributed by atoms with Gasteiger partial charge in [0, 0.05) is 10.7 Å². The van der Waals surface area contributed by atoms with E-state index in [-0.39, 0.29) is 6.61 Å². The minimum atomic E-state index is -0.978. The summed E-state index contributed by atoms with van der Waals surface area (Å²) in [6.45, 7) is 3.82. The zero-order valence-corrected chi connectivity index (χ0v) is 10.6. The first kappa shape index (κ1) is 12.7. The minimum absolute atomic E-state index is 0.250. The molecule has 0 saturated carbocycles. The number of aryl methyl sites for hydroxylation is 1. The van der Waals surface area contributed by atoms with Crippen molar-refractivity contribution < 1.29 is 9.53 Å². The summed E-state index contributed by atoms with van der Waals surface area (Å²) in [5.41, 5.74) is 1.33. The fourth-order valence-corrected chi connectivity index (χ4v) is 1.68. The fraction of sp³-hybridized carbons (Fsp3) is 0.364. The molecule has 4 nitrogen and oxygen atoms in total. The largest absolute Gasteiger partial charge is 0.465 e. The molecule has 0 N–H and O–H groups in total. The van der Waals surface area contributed by atoms with Crippen molar-refractivity contribution in [3.63, 3.8) is 0 Å². The van der Waals surface area contributed by atoms with Gasteiger partial charge in [0.1, 0.15) is 0 Å². The molecule has 0 aliphatic heterocycles. The van der Waals surface area contributed by atoms with Gasteiger partial charge in [-0.1, -0.05) is 0 Å². The lowest BCUT2D eigenvalue weighted by molar-refractivity contribution is -0.143. The Morgan fingerprint density at radius 1 is 1.75 bits per heavy atom. The van der Waals surface area contributed by atoms with Crippen LogP contribution in [-0.2, 0) is 9.53 Å². The van der Waals surface area contributed by atoms with Gasteiger partial charge in [-0.15, -0.1) is 0 Å². The first-order valence-electron chi connectivity index (χ1n) is 4.79. The van der Waals surface area contributed by atoms with Gasteiger partial charge in [-0.05, 0) is 41.4 Å². The van der Waals surface area contributed by atoms with Crippen molar-refractivity contribution in [2.45, 2.75) is 19.8 Å². The van der Waals surface area contributed by atoms with Crippen LogP contribution in [0.25, 0.3) is 0 Å². The fourth-order valence-electron chi connectivity index (χ4n) is 1.21. The van der Waals surface area contributed by atoms with E-state index in [1.807, 2.05) is 13.0 Å². The molecule has 84 valence electrons. The molecular weight excluding hydrogens is 272 g/mol. The summed E-state index contributed by atoms with van der Waals surface area (Å²) in [7, 11) is 0. The van der Waals surface area contributed by atoms with Gasteiger partial charge in [-0.25, -0.2) is 0 Å². The van der Waals surface area contributed by atoms with E-state index in [1.165, 1.54) is 0 Å². The SMILES string of the molecule is CCOC(=O)C(C#N)c1nccc(C)c1Br. The summed E-state index contributed by atoms with van der Waals surface area (Å²) in [5, 5.41) is 8.98. The number of esters is 1. The van der Waals surface area contributed by atoms with Gasteiger partial charge < -0.3 is 4.74 Å². The van der Waals surface area contributed by atoms with Crippen LogP contribution < -0.4 is 0 Å². The van der Waals surface area contributed by atoms with Crippen LogP contribution in [0.3, 0.4) is 0 Å². The summed E-state index contributed by atoms with van der Waals surface area (Å²) in [5.74, 6) is -1.54. The molecule has 1 aromatic rings. The van der Waals surface area contributed by atoms with Crippen LogP contribution in [0.1, 0.15) is 24.1 Å². The van der Waals surface area contributed by atoms with Crippen molar-refractivity contribution in [1.82, 2.24) is 4.98 Å². The molecule has 0 saturated heterocycles. The maximum atomic E-state index is 11.5. The van der Waals surface area contributed by atoms with Gasteiger partial charge in [-0.2, -0.15) is 5.26 Å². The zero-order valence-electron chi connectivity index (χ0n) is 9.03. The van der Waals surface area contributed by atoms with Crippen LogP contribution in [0, 0.1) is 18.3 Å². The van der Waals surface area contributed by atoms with E-state index in [1.54, 1.807) is 19.2 Å². The highest BCUT2D eigenvalue weighted by Gasteiger charge is 2.25. The summed E-state index contributed by atoms with van der Waals surface area (Å²) >= 11 is 3.32. The lowest BCUT2D eigenvalue weighted by atomic mass is 10.1. The summed E-state index contributed by atoms with van der Waals surface area (Å²) in [6.07, 6.45) is 1.57. The van der Waals surface area contributed by atoms with E-state index in [9.17, 15) is 4.79 Å². The first-order chi connectivity index (χ1) is 7.61. The van der Waals surface area contributed by atoms with Crippen LogP contribution >= 0.6 is 15.9 Å². The van der Waals surface area contributed by atoms with Crippen LogP contribution in [0.5, 0.6) is 0 Å². The Morgan fingerprint density at radius 2 is 2.44 bits per heavy atom. The van der Waals surface area contributed by atoms with Gasteiger partial charge in [0.15, 0.2) is 5.92 Å². The van der Waals surface area contributed by atoms with Crippen molar-refractivity contribution in [2.75, 3.05) is 6.61 Å². The molecule has 0 aromatic carbocycles. The molecule has 0 amide bonds. The molecule has 0 radical (unpaired) electrons. The van der Waals surface area contributed by atoms with E-state index in [2.05, 4.69) is 20.9 Å². The highest BCUT2D eigenvalue weighted by Crippen LogP contribution is 2.26. The number of ether oxygens (including phenoxy) is 1. The molecular formula is C11H11BrN2O2. The van der Waals surface area contributed by atoms with Crippen molar-refractivity contribution in [3.05, 3.63) is 28.0 Å². The lowest BCUT2D eigenvalue weighted by Gasteiger charge is -2.10. The summed E-state index contributed by atoms with van der Waals surface area (Å²) < 4.78 is 5.50. The first-order valence-corrected chi connectivity index (χ1v) is 5.58. The number of nitriles is 1. The van der Waals surface area contributed by atoms with E-state index >= 15 is 0 Å². The second-order valence-corrected chi connectivity index (χ2v) is 3.93. The number of nitrogens with zero attached hydrogens (tertiary/aromatic N) is 2. The van der Waals surface area contributed by atoms with Crippen LogP contribution in [0.4, 0.5) is 0 Å². The summed E-state index contributed by atoms with van der Waals surface area (Å²) in [6, 6.07) is 3.70. The predicted octanol–water partition coefficient (Wildman–Crippen LogP) is 2.32. The van der Waals surface area contributed by atoms with E-state index in [0.29, 0.717) is 10.2 Å². The normalized spacial score (nSPS) is 11.6. The number of aromatic nitrogens is 1. The number of hydrogen-bond acceptors (Lipinski definition) is 4.